The summed E-state index contributed by atoms with van der Waals surface area (Å²) < 4.78 is 1.06. The van der Waals surface area contributed by atoms with E-state index in [1.54, 1.807) is 0 Å². The molecule has 0 bridgehead atoms. The molecule has 0 fully saturated rings. The van der Waals surface area contributed by atoms with E-state index in [-0.39, 0.29) is 0 Å². The minimum Gasteiger partial charge on any atom is -0.346 e. The normalized spacial score (nSPS) is 10.0. The Morgan fingerprint density at radius 1 is 1.00 bits per heavy atom. The molecule has 0 spiro atoms. The van der Waals surface area contributed by atoms with Crippen molar-refractivity contribution in [3.8, 4) is 0 Å². The van der Waals surface area contributed by atoms with Gasteiger partial charge < -0.3 is 5.32 Å². The van der Waals surface area contributed by atoms with Crippen LogP contribution in [0, 0.1) is 6.92 Å². The van der Waals surface area contributed by atoms with Gasteiger partial charge in [-0.15, -0.1) is 0 Å². The van der Waals surface area contributed by atoms with Gasteiger partial charge in [-0.25, -0.2) is 0 Å². The molecule has 17 heavy (non-hydrogen) atoms. The predicted molar refractivity (Wildman–Crippen MR) is 80.6 cm³/mol. The van der Waals surface area contributed by atoms with E-state index in [1.165, 1.54) is 5.56 Å². The van der Waals surface area contributed by atoms with Crippen molar-refractivity contribution in [2.45, 2.75) is 6.92 Å². The van der Waals surface area contributed by atoms with Gasteiger partial charge in [0, 0.05) is 15.7 Å². The maximum atomic E-state index is 5.36. The third kappa shape index (κ3) is 3.38. The van der Waals surface area contributed by atoms with E-state index in [2.05, 4.69) is 40.3 Å². The van der Waals surface area contributed by atoms with Gasteiger partial charge in [0.25, 0.3) is 0 Å². The number of hydrogen-bond donors (Lipinski definition) is 1. The Morgan fingerprint density at radius 2 is 1.59 bits per heavy atom. The van der Waals surface area contributed by atoms with Crippen molar-refractivity contribution in [2.75, 3.05) is 5.32 Å². The van der Waals surface area contributed by atoms with Gasteiger partial charge >= 0.3 is 0 Å². The summed E-state index contributed by atoms with van der Waals surface area (Å²) in [5.41, 5.74) is 3.27. The molecule has 1 N–H and O–H groups in total. The minimum atomic E-state index is 0.743. The molecule has 0 aromatic heterocycles. The number of hydrogen-bond acceptors (Lipinski definition) is 1. The topological polar surface area (TPSA) is 12.0 Å². The standard InChI is InChI=1S/C14H12BrNS/c1-10-2-4-11(5-3-10)14(17)16-13-8-6-12(15)7-9-13/h2-9H,1H3,(H,16,17). The lowest BCUT2D eigenvalue weighted by molar-refractivity contribution is 1.46. The quantitative estimate of drug-likeness (QED) is 0.817. The molecule has 0 aliphatic carbocycles. The van der Waals surface area contributed by atoms with Crippen LogP contribution in [0.4, 0.5) is 5.69 Å². The predicted octanol–water partition coefficient (Wildman–Crippen LogP) is 4.55. The number of nitrogens with one attached hydrogen (secondary N) is 1. The van der Waals surface area contributed by atoms with Gasteiger partial charge in [-0.2, -0.15) is 0 Å². The molecule has 0 radical (unpaired) electrons. The highest BCUT2D eigenvalue weighted by Crippen LogP contribution is 2.15. The van der Waals surface area contributed by atoms with Crippen molar-refractivity contribution in [1.82, 2.24) is 0 Å². The molecule has 0 aliphatic heterocycles. The van der Waals surface area contributed by atoms with Gasteiger partial charge in [0.2, 0.25) is 0 Å². The summed E-state index contributed by atoms with van der Waals surface area (Å²) >= 11 is 8.76. The summed E-state index contributed by atoms with van der Waals surface area (Å²) in [7, 11) is 0. The van der Waals surface area contributed by atoms with Crippen LogP contribution >= 0.6 is 28.1 Å². The van der Waals surface area contributed by atoms with E-state index in [9.17, 15) is 0 Å². The van der Waals surface area contributed by atoms with Gasteiger partial charge in [0.15, 0.2) is 0 Å². The highest BCUT2D eigenvalue weighted by molar-refractivity contribution is 9.10. The fourth-order valence-electron chi connectivity index (χ4n) is 1.44. The Morgan fingerprint density at radius 3 is 2.18 bits per heavy atom. The van der Waals surface area contributed by atoms with Crippen LogP contribution in [0.15, 0.2) is 53.0 Å². The Kier molecular flexibility index (Phi) is 3.92. The fourth-order valence-corrected chi connectivity index (χ4v) is 1.96. The van der Waals surface area contributed by atoms with Gasteiger partial charge in [-0.1, -0.05) is 58.0 Å². The van der Waals surface area contributed by atoms with Crippen molar-refractivity contribution in [3.05, 3.63) is 64.1 Å². The molecule has 0 saturated carbocycles. The molecule has 0 aliphatic rings. The monoisotopic (exact) mass is 305 g/mol. The summed E-state index contributed by atoms with van der Waals surface area (Å²) in [4.78, 5) is 0.743. The molecule has 0 heterocycles. The lowest BCUT2D eigenvalue weighted by Crippen LogP contribution is -2.10. The first-order valence-electron chi connectivity index (χ1n) is 5.29. The average Bonchev–Trinajstić information content (AvgIpc) is 2.33. The first kappa shape index (κ1) is 12.3. The first-order chi connectivity index (χ1) is 8.15. The number of thiocarbonyl (C=S) groups is 1. The zero-order valence-electron chi connectivity index (χ0n) is 9.41. The number of anilines is 1. The van der Waals surface area contributed by atoms with E-state index >= 15 is 0 Å². The molecule has 0 atom stereocenters. The van der Waals surface area contributed by atoms with Crippen LogP contribution in [-0.2, 0) is 0 Å². The number of halogens is 1. The Hall–Kier alpha value is -1.19. The Balaban J connectivity index is 2.11. The molecule has 1 nitrogen and oxygen atoms in total. The summed E-state index contributed by atoms with van der Waals surface area (Å²) in [6.45, 7) is 2.06. The van der Waals surface area contributed by atoms with E-state index in [0.717, 1.165) is 20.7 Å². The lowest BCUT2D eigenvalue weighted by Gasteiger charge is -2.08. The Bertz CT molecular complexity index is 517. The average molecular weight is 306 g/mol. The minimum absolute atomic E-state index is 0.743. The van der Waals surface area contributed by atoms with Crippen LogP contribution in [0.3, 0.4) is 0 Å². The summed E-state index contributed by atoms with van der Waals surface area (Å²) in [5, 5.41) is 3.22. The van der Waals surface area contributed by atoms with Gasteiger partial charge in [-0.05, 0) is 31.2 Å². The second-order valence-electron chi connectivity index (χ2n) is 3.83. The molecule has 86 valence electrons. The van der Waals surface area contributed by atoms with Crippen LogP contribution in [0.2, 0.25) is 0 Å². The second kappa shape index (κ2) is 5.43. The molecule has 2 rings (SSSR count). The van der Waals surface area contributed by atoms with Crippen LogP contribution in [0.1, 0.15) is 11.1 Å². The molecule has 0 amide bonds. The zero-order chi connectivity index (χ0) is 12.3. The second-order valence-corrected chi connectivity index (χ2v) is 5.15. The van der Waals surface area contributed by atoms with E-state index in [1.807, 2.05) is 36.4 Å². The maximum absolute atomic E-state index is 5.36. The van der Waals surface area contributed by atoms with Crippen LogP contribution in [0.5, 0.6) is 0 Å². The van der Waals surface area contributed by atoms with Crippen molar-refractivity contribution in [3.63, 3.8) is 0 Å². The highest BCUT2D eigenvalue weighted by atomic mass is 79.9. The number of benzene rings is 2. The summed E-state index contributed by atoms with van der Waals surface area (Å²) in [6.07, 6.45) is 0. The molecular weight excluding hydrogens is 294 g/mol. The van der Waals surface area contributed by atoms with Gasteiger partial charge in [0.1, 0.15) is 4.99 Å². The highest BCUT2D eigenvalue weighted by Gasteiger charge is 2.01. The number of rotatable bonds is 2. The molecule has 2 aromatic rings. The molecule has 0 saturated heterocycles. The zero-order valence-corrected chi connectivity index (χ0v) is 11.8. The van der Waals surface area contributed by atoms with Gasteiger partial charge in [0.05, 0.1) is 0 Å². The number of aryl methyl sites for hydroxylation is 1. The molecule has 2 aromatic carbocycles. The SMILES string of the molecule is Cc1ccc(C(=S)Nc2ccc(Br)cc2)cc1. The Labute approximate surface area is 115 Å². The van der Waals surface area contributed by atoms with E-state index in [0.29, 0.717) is 0 Å². The van der Waals surface area contributed by atoms with Crippen molar-refractivity contribution in [1.29, 1.82) is 0 Å². The van der Waals surface area contributed by atoms with E-state index in [4.69, 9.17) is 12.2 Å². The molecule has 0 unspecified atom stereocenters. The van der Waals surface area contributed by atoms with Crippen LogP contribution in [0.25, 0.3) is 0 Å². The third-order valence-electron chi connectivity index (χ3n) is 2.42. The summed E-state index contributed by atoms with van der Waals surface area (Å²) in [6, 6.07) is 16.1. The van der Waals surface area contributed by atoms with E-state index < -0.39 is 0 Å². The van der Waals surface area contributed by atoms with Crippen molar-refractivity contribution < 1.29 is 0 Å². The molecular formula is C14H12BrNS. The smallest absolute Gasteiger partial charge is 0.110 e. The van der Waals surface area contributed by atoms with Gasteiger partial charge in [-0.3, -0.25) is 0 Å². The van der Waals surface area contributed by atoms with Crippen molar-refractivity contribution >= 4 is 38.8 Å². The van der Waals surface area contributed by atoms with Crippen molar-refractivity contribution in [2.24, 2.45) is 0 Å². The first-order valence-corrected chi connectivity index (χ1v) is 6.49. The fraction of sp³-hybridized carbons (Fsp3) is 0.0714. The molecule has 3 heteroatoms. The van der Waals surface area contributed by atoms with Crippen LogP contribution in [-0.4, -0.2) is 4.99 Å². The largest absolute Gasteiger partial charge is 0.346 e. The van der Waals surface area contributed by atoms with Crippen LogP contribution < -0.4 is 5.32 Å². The maximum Gasteiger partial charge on any atom is 0.110 e. The third-order valence-corrected chi connectivity index (χ3v) is 3.28. The summed E-state index contributed by atoms with van der Waals surface area (Å²) in [5.74, 6) is 0. The lowest BCUT2D eigenvalue weighted by atomic mass is 10.1.